The Morgan fingerprint density at radius 2 is 1.95 bits per heavy atom. The van der Waals surface area contributed by atoms with Crippen molar-refractivity contribution in [2.75, 3.05) is 13.2 Å². The van der Waals surface area contributed by atoms with E-state index in [-0.39, 0.29) is 6.42 Å². The van der Waals surface area contributed by atoms with E-state index < -0.39 is 11.4 Å². The van der Waals surface area contributed by atoms with Crippen LogP contribution >= 0.6 is 15.9 Å². The molecule has 0 amide bonds. The van der Waals surface area contributed by atoms with Gasteiger partial charge in [-0.15, -0.1) is 0 Å². The van der Waals surface area contributed by atoms with E-state index in [1.807, 2.05) is 19.9 Å². The first-order chi connectivity index (χ1) is 9.86. The summed E-state index contributed by atoms with van der Waals surface area (Å²) < 4.78 is 12.5. The van der Waals surface area contributed by atoms with Gasteiger partial charge in [0.2, 0.25) is 0 Å². The van der Waals surface area contributed by atoms with Gasteiger partial charge in [-0.3, -0.25) is 4.79 Å². The van der Waals surface area contributed by atoms with Crippen molar-refractivity contribution in [2.24, 2.45) is 0 Å². The maximum Gasteiger partial charge on any atom is 0.304 e. The Balaban J connectivity index is 2.59. The average molecular weight is 357 g/mol. The van der Waals surface area contributed by atoms with Crippen molar-refractivity contribution in [3.05, 3.63) is 21.7 Å². The van der Waals surface area contributed by atoms with E-state index in [1.165, 1.54) is 0 Å². The third kappa shape index (κ3) is 3.34. The van der Waals surface area contributed by atoms with Gasteiger partial charge < -0.3 is 14.6 Å². The molecule has 0 radical (unpaired) electrons. The minimum absolute atomic E-state index is 0.0755. The van der Waals surface area contributed by atoms with Gasteiger partial charge in [-0.1, -0.05) is 20.8 Å². The molecule has 0 bridgehead atoms. The molecular weight excluding hydrogens is 336 g/mol. The molecule has 0 unspecified atom stereocenters. The highest BCUT2D eigenvalue weighted by Gasteiger charge is 2.31. The lowest BCUT2D eigenvalue weighted by atomic mass is 9.78. The zero-order valence-corrected chi connectivity index (χ0v) is 14.2. The summed E-state index contributed by atoms with van der Waals surface area (Å²) in [5.41, 5.74) is 1.58. The van der Waals surface area contributed by atoms with Gasteiger partial charge in [0, 0.05) is 17.4 Å². The molecule has 2 rings (SSSR count). The lowest BCUT2D eigenvalue weighted by Gasteiger charge is -2.28. The Morgan fingerprint density at radius 3 is 2.52 bits per heavy atom. The van der Waals surface area contributed by atoms with Crippen molar-refractivity contribution < 1.29 is 19.4 Å². The third-order valence-electron chi connectivity index (χ3n) is 3.75. The summed E-state index contributed by atoms with van der Waals surface area (Å²) in [6.07, 6.45) is 1.70. The number of hydrogen-bond acceptors (Lipinski definition) is 3. The standard InChI is InChI=1S/C16H21BrO4/c1-4-10-11(16(2,3)9-13(18)19)8-12(17)15-14(10)20-6-5-7-21-15/h8H,4-7,9H2,1-3H3,(H,18,19). The number of benzene rings is 1. The molecule has 0 aromatic heterocycles. The van der Waals surface area contributed by atoms with Crippen molar-refractivity contribution in [1.29, 1.82) is 0 Å². The number of aliphatic carboxylic acids is 1. The van der Waals surface area contributed by atoms with E-state index in [1.54, 1.807) is 0 Å². The molecule has 1 heterocycles. The number of carboxylic acids is 1. The molecule has 1 N–H and O–H groups in total. The Hall–Kier alpha value is -1.23. The number of ether oxygens (including phenoxy) is 2. The molecule has 1 aliphatic heterocycles. The number of fused-ring (bicyclic) bond motifs is 1. The molecule has 0 spiro atoms. The number of rotatable bonds is 4. The summed E-state index contributed by atoms with van der Waals surface area (Å²) in [6.45, 7) is 7.21. The highest BCUT2D eigenvalue weighted by atomic mass is 79.9. The predicted molar refractivity (Wildman–Crippen MR) is 84.4 cm³/mol. The van der Waals surface area contributed by atoms with Crippen LogP contribution in [0.15, 0.2) is 10.5 Å². The van der Waals surface area contributed by atoms with Crippen LogP contribution in [0.1, 0.15) is 44.7 Å². The average Bonchev–Trinajstić information content (AvgIpc) is 2.63. The van der Waals surface area contributed by atoms with Crippen LogP contribution < -0.4 is 9.47 Å². The zero-order chi connectivity index (χ0) is 15.6. The fourth-order valence-electron chi connectivity index (χ4n) is 2.77. The second kappa shape index (κ2) is 6.26. The van der Waals surface area contributed by atoms with Crippen LogP contribution in [0.4, 0.5) is 0 Å². The molecule has 0 saturated carbocycles. The molecule has 116 valence electrons. The Morgan fingerprint density at radius 1 is 1.33 bits per heavy atom. The smallest absolute Gasteiger partial charge is 0.304 e. The van der Waals surface area contributed by atoms with E-state index in [4.69, 9.17) is 14.6 Å². The van der Waals surface area contributed by atoms with Gasteiger partial charge in [0.25, 0.3) is 0 Å². The van der Waals surface area contributed by atoms with Gasteiger partial charge in [0.05, 0.1) is 24.1 Å². The van der Waals surface area contributed by atoms with Crippen molar-refractivity contribution in [1.82, 2.24) is 0 Å². The van der Waals surface area contributed by atoms with E-state index in [0.717, 1.165) is 39.9 Å². The van der Waals surface area contributed by atoms with Gasteiger partial charge in [-0.25, -0.2) is 0 Å². The van der Waals surface area contributed by atoms with Crippen molar-refractivity contribution >= 4 is 21.9 Å². The Kier molecular flexibility index (Phi) is 4.81. The van der Waals surface area contributed by atoms with Gasteiger partial charge in [-0.2, -0.15) is 0 Å². The quantitative estimate of drug-likeness (QED) is 0.887. The fourth-order valence-corrected chi connectivity index (χ4v) is 3.29. The minimum atomic E-state index is -0.801. The van der Waals surface area contributed by atoms with Gasteiger partial charge in [0.15, 0.2) is 11.5 Å². The SMILES string of the molecule is CCc1c(C(C)(C)CC(=O)O)cc(Br)c2c1OCCCO2. The van der Waals surface area contributed by atoms with Crippen LogP contribution in [0.2, 0.25) is 0 Å². The minimum Gasteiger partial charge on any atom is -0.489 e. The summed E-state index contributed by atoms with van der Waals surface area (Å²) in [4.78, 5) is 11.1. The number of carboxylic acid groups (broad SMARTS) is 1. The van der Waals surface area contributed by atoms with Crippen LogP contribution in [0, 0.1) is 0 Å². The number of carbonyl (C=O) groups is 1. The summed E-state index contributed by atoms with van der Waals surface area (Å²) in [5.74, 6) is 0.697. The first-order valence-corrected chi connectivity index (χ1v) is 7.99. The summed E-state index contributed by atoms with van der Waals surface area (Å²) >= 11 is 3.54. The second-order valence-electron chi connectivity index (χ2n) is 5.90. The van der Waals surface area contributed by atoms with Crippen molar-refractivity contribution in [2.45, 2.75) is 45.4 Å². The molecule has 0 saturated heterocycles. The molecule has 4 nitrogen and oxygen atoms in total. The first kappa shape index (κ1) is 16.1. The van der Waals surface area contributed by atoms with Crippen molar-refractivity contribution in [3.8, 4) is 11.5 Å². The molecule has 1 aromatic rings. The molecule has 0 fully saturated rings. The summed E-state index contributed by atoms with van der Waals surface area (Å²) in [5, 5.41) is 9.16. The second-order valence-corrected chi connectivity index (χ2v) is 6.76. The summed E-state index contributed by atoms with van der Waals surface area (Å²) in [7, 11) is 0. The number of halogens is 1. The van der Waals surface area contributed by atoms with Gasteiger partial charge >= 0.3 is 5.97 Å². The van der Waals surface area contributed by atoms with Crippen LogP contribution in [-0.4, -0.2) is 24.3 Å². The highest BCUT2D eigenvalue weighted by molar-refractivity contribution is 9.10. The lowest BCUT2D eigenvalue weighted by Crippen LogP contribution is -2.24. The number of hydrogen-bond donors (Lipinski definition) is 1. The maximum atomic E-state index is 11.1. The maximum absolute atomic E-state index is 11.1. The van der Waals surface area contributed by atoms with Crippen LogP contribution in [0.3, 0.4) is 0 Å². The largest absolute Gasteiger partial charge is 0.489 e. The van der Waals surface area contributed by atoms with E-state index in [2.05, 4.69) is 22.9 Å². The summed E-state index contributed by atoms with van der Waals surface area (Å²) in [6, 6.07) is 1.98. The predicted octanol–water partition coefficient (Wildman–Crippen LogP) is 3.93. The highest BCUT2D eigenvalue weighted by Crippen LogP contribution is 2.45. The van der Waals surface area contributed by atoms with Crippen LogP contribution in [0.5, 0.6) is 11.5 Å². The van der Waals surface area contributed by atoms with Gasteiger partial charge in [0.1, 0.15) is 0 Å². The molecule has 5 heteroatoms. The molecule has 21 heavy (non-hydrogen) atoms. The monoisotopic (exact) mass is 356 g/mol. The van der Waals surface area contributed by atoms with E-state index in [9.17, 15) is 4.79 Å². The van der Waals surface area contributed by atoms with E-state index in [0.29, 0.717) is 13.2 Å². The van der Waals surface area contributed by atoms with Crippen LogP contribution in [-0.2, 0) is 16.6 Å². The topological polar surface area (TPSA) is 55.8 Å². The Bertz CT molecular complexity index is 552. The first-order valence-electron chi connectivity index (χ1n) is 7.20. The van der Waals surface area contributed by atoms with Crippen molar-refractivity contribution in [3.63, 3.8) is 0 Å². The molecule has 0 aliphatic carbocycles. The normalized spacial score (nSPS) is 14.7. The molecule has 1 aromatic carbocycles. The fraction of sp³-hybridized carbons (Fsp3) is 0.562. The zero-order valence-electron chi connectivity index (χ0n) is 12.7. The molecule has 1 aliphatic rings. The van der Waals surface area contributed by atoms with E-state index >= 15 is 0 Å². The Labute approximate surface area is 133 Å². The molecule has 0 atom stereocenters. The van der Waals surface area contributed by atoms with Crippen LogP contribution in [0.25, 0.3) is 0 Å². The third-order valence-corrected chi connectivity index (χ3v) is 4.34. The molecular formula is C16H21BrO4. The lowest BCUT2D eigenvalue weighted by molar-refractivity contribution is -0.138. The van der Waals surface area contributed by atoms with Gasteiger partial charge in [-0.05, 0) is 34.0 Å².